The van der Waals surface area contributed by atoms with Crippen LogP contribution >= 0.6 is 0 Å². The molecule has 0 aliphatic heterocycles. The van der Waals surface area contributed by atoms with E-state index >= 15 is 0 Å². The first-order valence-electron chi connectivity index (χ1n) is 8.43. The van der Waals surface area contributed by atoms with Crippen LogP contribution in [0.1, 0.15) is 10.5 Å². The van der Waals surface area contributed by atoms with Crippen molar-refractivity contribution < 1.29 is 14.3 Å². The fourth-order valence-electron chi connectivity index (χ4n) is 2.66. The van der Waals surface area contributed by atoms with Crippen molar-refractivity contribution in [3.05, 3.63) is 64.6 Å². The lowest BCUT2D eigenvalue weighted by molar-refractivity contribution is -0.120. The fourth-order valence-corrected chi connectivity index (χ4v) is 2.66. The van der Waals surface area contributed by atoms with E-state index in [9.17, 15) is 14.4 Å². The summed E-state index contributed by atoms with van der Waals surface area (Å²) in [7, 11) is 2.99. The number of ether oxygens (including phenoxy) is 1. The predicted molar refractivity (Wildman–Crippen MR) is 104 cm³/mol. The van der Waals surface area contributed by atoms with Crippen LogP contribution in [0.5, 0.6) is 5.75 Å². The van der Waals surface area contributed by atoms with Gasteiger partial charge >= 0.3 is 0 Å². The molecule has 0 radical (unpaired) electrons. The molecule has 0 bridgehead atoms. The minimum atomic E-state index is -0.627. The van der Waals surface area contributed by atoms with Crippen molar-refractivity contribution in [3.63, 3.8) is 0 Å². The Hall–Kier alpha value is -3.88. The summed E-state index contributed by atoms with van der Waals surface area (Å²) in [5.74, 6) is -0.494. The Balaban J connectivity index is 1.66. The number of fused-ring (bicyclic) bond motifs is 1. The number of hydrogen-bond acceptors (Lipinski definition) is 6. The van der Waals surface area contributed by atoms with Crippen molar-refractivity contribution in [2.45, 2.75) is 0 Å². The van der Waals surface area contributed by atoms with Gasteiger partial charge in [-0.3, -0.25) is 25.2 Å². The van der Waals surface area contributed by atoms with E-state index in [2.05, 4.69) is 21.3 Å². The van der Waals surface area contributed by atoms with Gasteiger partial charge in [0.15, 0.2) is 5.69 Å². The molecule has 0 aliphatic rings. The first-order valence-corrected chi connectivity index (χ1v) is 8.43. The number of rotatable bonds is 5. The van der Waals surface area contributed by atoms with Gasteiger partial charge in [0.1, 0.15) is 5.75 Å². The lowest BCUT2D eigenvalue weighted by Crippen LogP contribution is -2.45. The van der Waals surface area contributed by atoms with E-state index in [0.29, 0.717) is 22.2 Å². The van der Waals surface area contributed by atoms with Gasteiger partial charge in [0, 0.05) is 12.4 Å². The van der Waals surface area contributed by atoms with Gasteiger partial charge in [-0.15, -0.1) is 0 Å². The average molecular weight is 381 g/mol. The average Bonchev–Trinajstić information content (AvgIpc) is 2.73. The van der Waals surface area contributed by atoms with Gasteiger partial charge in [-0.2, -0.15) is 5.10 Å². The summed E-state index contributed by atoms with van der Waals surface area (Å²) in [5.41, 5.74) is 5.01. The van der Waals surface area contributed by atoms with Crippen molar-refractivity contribution in [1.82, 2.24) is 20.6 Å². The second-order valence-corrected chi connectivity index (χ2v) is 5.88. The third-order valence-corrected chi connectivity index (χ3v) is 4.03. The maximum Gasteiger partial charge on any atom is 0.290 e. The van der Waals surface area contributed by atoms with Crippen molar-refractivity contribution >= 4 is 28.3 Å². The number of para-hydroxylation sites is 2. The van der Waals surface area contributed by atoms with Gasteiger partial charge in [0.25, 0.3) is 17.4 Å². The Morgan fingerprint density at radius 1 is 1.04 bits per heavy atom. The smallest absolute Gasteiger partial charge is 0.290 e. The normalized spacial score (nSPS) is 10.4. The standard InChI is InChI=1S/C19H19N5O4/c1-24-19(27)13-8-4-3-7-12(13)17(23-24)18(26)22-21-16(25)11-20-14-9-5-6-10-15(14)28-2/h3-10,20H,11H2,1-2H3,(H,21,25)(H,22,26). The van der Waals surface area contributed by atoms with E-state index in [4.69, 9.17) is 4.74 Å². The number of amides is 2. The van der Waals surface area contributed by atoms with Gasteiger partial charge in [0.2, 0.25) is 0 Å². The summed E-state index contributed by atoms with van der Waals surface area (Å²) >= 11 is 0. The number of benzene rings is 2. The second kappa shape index (κ2) is 8.21. The van der Waals surface area contributed by atoms with E-state index in [-0.39, 0.29) is 17.8 Å². The topological polar surface area (TPSA) is 114 Å². The molecule has 0 spiro atoms. The molecule has 9 nitrogen and oxygen atoms in total. The number of aromatic nitrogens is 2. The predicted octanol–water partition coefficient (Wildman–Crippen LogP) is 0.815. The minimum Gasteiger partial charge on any atom is -0.495 e. The number of nitrogens with one attached hydrogen (secondary N) is 3. The highest BCUT2D eigenvalue weighted by atomic mass is 16.5. The number of carbonyl (C=O) groups excluding carboxylic acids is 2. The van der Waals surface area contributed by atoms with Gasteiger partial charge < -0.3 is 10.1 Å². The first-order chi connectivity index (χ1) is 13.5. The van der Waals surface area contributed by atoms with Gasteiger partial charge in [0.05, 0.1) is 24.7 Å². The highest BCUT2D eigenvalue weighted by Gasteiger charge is 2.16. The first kappa shape index (κ1) is 18.9. The number of anilines is 1. The van der Waals surface area contributed by atoms with Crippen molar-refractivity contribution in [3.8, 4) is 5.75 Å². The lowest BCUT2D eigenvalue weighted by Gasteiger charge is -2.12. The van der Waals surface area contributed by atoms with Crippen molar-refractivity contribution in [2.24, 2.45) is 7.05 Å². The quantitative estimate of drug-likeness (QED) is 0.564. The summed E-state index contributed by atoms with van der Waals surface area (Å²) in [6.45, 7) is -0.0812. The molecule has 2 aromatic carbocycles. The van der Waals surface area contributed by atoms with Crippen LogP contribution in [0.4, 0.5) is 5.69 Å². The van der Waals surface area contributed by atoms with Crippen LogP contribution < -0.4 is 26.5 Å². The number of hydrazine groups is 1. The van der Waals surface area contributed by atoms with Crippen molar-refractivity contribution in [2.75, 3.05) is 19.0 Å². The highest BCUT2D eigenvalue weighted by Crippen LogP contribution is 2.22. The monoisotopic (exact) mass is 381 g/mol. The lowest BCUT2D eigenvalue weighted by atomic mass is 10.1. The Morgan fingerprint density at radius 3 is 2.46 bits per heavy atom. The number of carbonyl (C=O) groups is 2. The third-order valence-electron chi connectivity index (χ3n) is 4.03. The summed E-state index contributed by atoms with van der Waals surface area (Å²) in [6.07, 6.45) is 0. The number of hydrogen-bond donors (Lipinski definition) is 3. The SMILES string of the molecule is COc1ccccc1NCC(=O)NNC(=O)c1nn(C)c(=O)c2ccccc12. The molecule has 0 saturated heterocycles. The molecule has 9 heteroatoms. The fraction of sp³-hybridized carbons (Fsp3) is 0.158. The molecule has 3 N–H and O–H groups in total. The Morgan fingerprint density at radius 2 is 1.71 bits per heavy atom. The summed E-state index contributed by atoms with van der Waals surface area (Å²) in [5, 5.41) is 7.70. The number of methoxy groups -OCH3 is 1. The Bertz CT molecular complexity index is 1090. The van der Waals surface area contributed by atoms with Crippen LogP contribution in [0.25, 0.3) is 10.8 Å². The van der Waals surface area contributed by atoms with E-state index in [1.165, 1.54) is 14.2 Å². The highest BCUT2D eigenvalue weighted by molar-refractivity contribution is 6.05. The summed E-state index contributed by atoms with van der Waals surface area (Å²) < 4.78 is 6.28. The number of aryl methyl sites for hydroxylation is 1. The van der Waals surface area contributed by atoms with E-state index in [1.54, 1.807) is 42.5 Å². The van der Waals surface area contributed by atoms with Crippen LogP contribution in [-0.4, -0.2) is 35.2 Å². The molecule has 0 atom stereocenters. The molecule has 0 aliphatic carbocycles. The summed E-state index contributed by atoms with van der Waals surface area (Å²) in [6, 6.07) is 13.8. The largest absolute Gasteiger partial charge is 0.495 e. The Labute approximate surface area is 160 Å². The van der Waals surface area contributed by atoms with Gasteiger partial charge in [-0.1, -0.05) is 30.3 Å². The molecular formula is C19H19N5O4. The Kier molecular flexibility index (Phi) is 5.54. The van der Waals surface area contributed by atoms with Crippen LogP contribution in [0.15, 0.2) is 53.3 Å². The van der Waals surface area contributed by atoms with Gasteiger partial charge in [-0.25, -0.2) is 4.68 Å². The van der Waals surface area contributed by atoms with Crippen LogP contribution in [0, 0.1) is 0 Å². The molecule has 0 fully saturated rings. The molecule has 2 amide bonds. The molecule has 1 heterocycles. The molecule has 1 aromatic heterocycles. The van der Waals surface area contributed by atoms with E-state index in [0.717, 1.165) is 4.68 Å². The van der Waals surface area contributed by atoms with E-state index in [1.807, 2.05) is 6.07 Å². The maximum absolute atomic E-state index is 12.5. The van der Waals surface area contributed by atoms with Crippen LogP contribution in [0.2, 0.25) is 0 Å². The molecule has 28 heavy (non-hydrogen) atoms. The van der Waals surface area contributed by atoms with Crippen LogP contribution in [0.3, 0.4) is 0 Å². The second-order valence-electron chi connectivity index (χ2n) is 5.88. The molecule has 3 aromatic rings. The molecule has 0 unspecified atom stereocenters. The van der Waals surface area contributed by atoms with E-state index < -0.39 is 11.8 Å². The number of nitrogens with zero attached hydrogens (tertiary/aromatic N) is 2. The molecule has 144 valence electrons. The zero-order valence-electron chi connectivity index (χ0n) is 15.4. The molecule has 0 saturated carbocycles. The third kappa shape index (κ3) is 3.93. The zero-order chi connectivity index (χ0) is 20.1. The van der Waals surface area contributed by atoms with Crippen LogP contribution in [-0.2, 0) is 11.8 Å². The maximum atomic E-state index is 12.5. The molecular weight excluding hydrogens is 362 g/mol. The van der Waals surface area contributed by atoms with Crippen molar-refractivity contribution in [1.29, 1.82) is 0 Å². The van der Waals surface area contributed by atoms with Gasteiger partial charge in [-0.05, 0) is 18.2 Å². The summed E-state index contributed by atoms with van der Waals surface area (Å²) in [4.78, 5) is 36.6. The molecule has 3 rings (SSSR count). The minimum absolute atomic E-state index is 0.0377. The zero-order valence-corrected chi connectivity index (χ0v) is 15.4.